The predicted molar refractivity (Wildman–Crippen MR) is 70.5 cm³/mol. The molecule has 2 aromatic heterocycles. The van der Waals surface area contributed by atoms with Gasteiger partial charge in [-0.25, -0.2) is 4.68 Å². The van der Waals surface area contributed by atoms with E-state index in [1.165, 1.54) is 4.57 Å². The summed E-state index contributed by atoms with van der Waals surface area (Å²) in [5.41, 5.74) is 0.429. The minimum atomic E-state index is -0.323. The van der Waals surface area contributed by atoms with Crippen molar-refractivity contribution < 1.29 is 9.84 Å². The van der Waals surface area contributed by atoms with E-state index in [0.29, 0.717) is 22.8 Å². The number of hydrogen-bond donors (Lipinski definition) is 1. The van der Waals surface area contributed by atoms with Gasteiger partial charge in [-0.1, -0.05) is 11.6 Å². The molecular formula is C12H14ClN3O3. The Bertz CT molecular complexity index is 686. The highest BCUT2D eigenvalue weighted by Gasteiger charge is 2.23. The van der Waals surface area contributed by atoms with Crippen molar-refractivity contribution in [3.63, 3.8) is 0 Å². The van der Waals surface area contributed by atoms with Gasteiger partial charge in [-0.3, -0.25) is 4.79 Å². The van der Waals surface area contributed by atoms with Crippen LogP contribution in [0.2, 0.25) is 5.15 Å². The van der Waals surface area contributed by atoms with Gasteiger partial charge in [-0.2, -0.15) is 5.10 Å². The van der Waals surface area contributed by atoms with Crippen molar-refractivity contribution in [2.45, 2.75) is 25.5 Å². The van der Waals surface area contributed by atoms with Gasteiger partial charge in [0.15, 0.2) is 22.6 Å². The average molecular weight is 284 g/mol. The maximum atomic E-state index is 11.7. The van der Waals surface area contributed by atoms with E-state index < -0.39 is 0 Å². The van der Waals surface area contributed by atoms with Crippen LogP contribution in [0.25, 0.3) is 11.0 Å². The molecule has 1 fully saturated rings. The van der Waals surface area contributed by atoms with Crippen LogP contribution in [0.4, 0.5) is 0 Å². The van der Waals surface area contributed by atoms with Gasteiger partial charge in [0, 0.05) is 19.7 Å². The Hall–Kier alpha value is -1.53. The summed E-state index contributed by atoms with van der Waals surface area (Å²) in [6, 6.07) is 1.14. The van der Waals surface area contributed by atoms with E-state index in [2.05, 4.69) is 5.10 Å². The lowest BCUT2D eigenvalue weighted by Gasteiger charge is -2.23. The van der Waals surface area contributed by atoms with Crippen LogP contribution in [-0.2, 0) is 11.8 Å². The topological polar surface area (TPSA) is 69.3 Å². The summed E-state index contributed by atoms with van der Waals surface area (Å²) in [5.74, 6) is -0.158. The Morgan fingerprint density at radius 2 is 2.32 bits per heavy atom. The first-order valence-electron chi connectivity index (χ1n) is 6.18. The van der Waals surface area contributed by atoms with Gasteiger partial charge in [0.05, 0.1) is 0 Å². The van der Waals surface area contributed by atoms with Crippen molar-refractivity contribution in [3.8, 4) is 5.75 Å². The second-order valence-electron chi connectivity index (χ2n) is 4.68. The monoisotopic (exact) mass is 283 g/mol. The van der Waals surface area contributed by atoms with Crippen molar-refractivity contribution in [2.24, 2.45) is 7.05 Å². The summed E-state index contributed by atoms with van der Waals surface area (Å²) in [6.07, 6.45) is 2.66. The molecule has 6 nitrogen and oxygen atoms in total. The van der Waals surface area contributed by atoms with Crippen molar-refractivity contribution >= 4 is 22.6 Å². The zero-order valence-electron chi connectivity index (χ0n) is 10.5. The fourth-order valence-corrected chi connectivity index (χ4v) is 2.74. The van der Waals surface area contributed by atoms with E-state index in [-0.39, 0.29) is 17.5 Å². The molecule has 7 heteroatoms. The van der Waals surface area contributed by atoms with E-state index in [1.807, 2.05) is 0 Å². The molecule has 0 aromatic carbocycles. The fourth-order valence-electron chi connectivity index (χ4n) is 2.37. The number of nitrogens with zero attached hydrogens (tertiary/aromatic N) is 3. The fraction of sp³-hybridized carbons (Fsp3) is 0.500. The molecule has 1 saturated heterocycles. The molecule has 102 valence electrons. The van der Waals surface area contributed by atoms with Crippen LogP contribution in [0, 0.1) is 0 Å². The third-order valence-corrected chi connectivity index (χ3v) is 3.78. The van der Waals surface area contributed by atoms with Crippen LogP contribution < -0.4 is 5.56 Å². The molecule has 0 aliphatic carbocycles. The highest BCUT2D eigenvalue weighted by atomic mass is 35.5. The Morgan fingerprint density at radius 3 is 3.00 bits per heavy atom. The van der Waals surface area contributed by atoms with Crippen LogP contribution in [0.3, 0.4) is 0 Å². The van der Waals surface area contributed by atoms with Crippen molar-refractivity contribution in [2.75, 3.05) is 6.61 Å². The van der Waals surface area contributed by atoms with Gasteiger partial charge in [-0.05, 0) is 19.3 Å². The molecule has 1 aliphatic heterocycles. The minimum Gasteiger partial charge on any atom is -0.505 e. The van der Waals surface area contributed by atoms with E-state index >= 15 is 0 Å². The summed E-state index contributed by atoms with van der Waals surface area (Å²) >= 11 is 6.29. The van der Waals surface area contributed by atoms with Gasteiger partial charge in [0.2, 0.25) is 0 Å². The Labute approximate surface area is 114 Å². The lowest BCUT2D eigenvalue weighted by molar-refractivity contribution is -0.0389. The number of halogens is 1. The average Bonchev–Trinajstić information content (AvgIpc) is 2.76. The predicted octanol–water partition coefficient (Wildman–Crippen LogP) is 1.79. The van der Waals surface area contributed by atoms with Crippen LogP contribution in [0.15, 0.2) is 10.9 Å². The molecule has 3 rings (SSSR count). The van der Waals surface area contributed by atoms with Crippen LogP contribution >= 0.6 is 11.6 Å². The quantitative estimate of drug-likeness (QED) is 0.866. The summed E-state index contributed by atoms with van der Waals surface area (Å²) in [7, 11) is 1.60. The largest absolute Gasteiger partial charge is 0.505 e. The van der Waals surface area contributed by atoms with E-state index in [0.717, 1.165) is 25.3 Å². The second kappa shape index (κ2) is 4.54. The van der Waals surface area contributed by atoms with Gasteiger partial charge >= 0.3 is 0 Å². The summed E-state index contributed by atoms with van der Waals surface area (Å²) < 4.78 is 8.56. The normalized spacial score (nSPS) is 20.0. The molecule has 0 bridgehead atoms. The molecule has 3 heterocycles. The van der Waals surface area contributed by atoms with Crippen molar-refractivity contribution in [1.29, 1.82) is 0 Å². The molecule has 1 aliphatic rings. The summed E-state index contributed by atoms with van der Waals surface area (Å²) in [5, 5.41) is 14.4. The first-order valence-corrected chi connectivity index (χ1v) is 6.55. The third-order valence-electron chi connectivity index (χ3n) is 3.43. The number of hydrogen-bond acceptors (Lipinski definition) is 4. The van der Waals surface area contributed by atoms with Gasteiger partial charge in [-0.15, -0.1) is 0 Å². The summed E-state index contributed by atoms with van der Waals surface area (Å²) in [4.78, 5) is 11.7. The zero-order valence-corrected chi connectivity index (χ0v) is 11.2. The van der Waals surface area contributed by atoms with Crippen molar-refractivity contribution in [3.05, 3.63) is 21.6 Å². The van der Waals surface area contributed by atoms with E-state index in [1.54, 1.807) is 11.7 Å². The molecular weight excluding hydrogens is 270 g/mol. The molecule has 1 N–H and O–H groups in total. The maximum absolute atomic E-state index is 11.7. The van der Waals surface area contributed by atoms with Crippen molar-refractivity contribution in [1.82, 2.24) is 14.3 Å². The molecule has 1 atom stereocenters. The van der Waals surface area contributed by atoms with Crippen LogP contribution in [0.5, 0.6) is 5.75 Å². The zero-order chi connectivity index (χ0) is 13.6. The SMILES string of the molecule is Cn1c(=O)cc(O)c2nn(C3CCCCO3)c(Cl)c21. The number of ether oxygens (including phenoxy) is 1. The van der Waals surface area contributed by atoms with Gasteiger partial charge < -0.3 is 14.4 Å². The number of fused-ring (bicyclic) bond motifs is 1. The summed E-state index contributed by atoms with van der Waals surface area (Å²) in [6.45, 7) is 0.669. The Kier molecular flexibility index (Phi) is 2.99. The number of pyridine rings is 1. The number of aromatic nitrogens is 3. The lowest BCUT2D eigenvalue weighted by atomic mass is 10.2. The van der Waals surface area contributed by atoms with E-state index in [4.69, 9.17) is 16.3 Å². The van der Waals surface area contributed by atoms with E-state index in [9.17, 15) is 9.90 Å². The molecule has 1 unspecified atom stereocenters. The number of aromatic hydroxyl groups is 1. The van der Waals surface area contributed by atoms with Gasteiger partial charge in [0.1, 0.15) is 5.52 Å². The Balaban J connectivity index is 2.22. The highest BCUT2D eigenvalue weighted by Crippen LogP contribution is 2.32. The number of rotatable bonds is 1. The number of aryl methyl sites for hydroxylation is 1. The molecule has 2 aromatic rings. The first-order chi connectivity index (χ1) is 9.09. The molecule has 0 amide bonds. The van der Waals surface area contributed by atoms with Crippen LogP contribution in [-0.4, -0.2) is 26.1 Å². The third kappa shape index (κ3) is 1.91. The second-order valence-corrected chi connectivity index (χ2v) is 5.04. The molecule has 19 heavy (non-hydrogen) atoms. The maximum Gasteiger partial charge on any atom is 0.254 e. The molecule has 0 spiro atoms. The molecule has 0 saturated carbocycles. The highest BCUT2D eigenvalue weighted by molar-refractivity contribution is 6.34. The first kappa shape index (κ1) is 12.5. The molecule has 0 radical (unpaired) electrons. The minimum absolute atomic E-state index is 0.158. The lowest BCUT2D eigenvalue weighted by Crippen LogP contribution is -2.19. The van der Waals surface area contributed by atoms with Crippen LogP contribution in [0.1, 0.15) is 25.5 Å². The van der Waals surface area contributed by atoms with Gasteiger partial charge in [0.25, 0.3) is 5.56 Å². The smallest absolute Gasteiger partial charge is 0.254 e. The Morgan fingerprint density at radius 1 is 1.53 bits per heavy atom. The standard InChI is InChI=1S/C12H14ClN3O3/c1-15-8(18)6-7(17)10-11(15)12(13)16(14-10)9-4-2-3-5-19-9/h6,9,17H,2-5H2,1H3.